The summed E-state index contributed by atoms with van der Waals surface area (Å²) in [6, 6.07) is 5.58. The molecule has 1 heterocycles. The van der Waals surface area contributed by atoms with E-state index < -0.39 is 0 Å². The van der Waals surface area contributed by atoms with Crippen molar-refractivity contribution in [1.82, 2.24) is 9.66 Å². The molecule has 0 atom stereocenters. The van der Waals surface area contributed by atoms with Gasteiger partial charge < -0.3 is 11.6 Å². The minimum Gasteiger partial charge on any atom is -0.382 e. The summed E-state index contributed by atoms with van der Waals surface area (Å²) in [4.78, 5) is 4.49. The molecule has 0 bridgehead atoms. The van der Waals surface area contributed by atoms with Crippen LogP contribution in [0.5, 0.6) is 0 Å². The number of anilines is 1. The maximum atomic E-state index is 6.07. The van der Waals surface area contributed by atoms with Crippen molar-refractivity contribution < 1.29 is 0 Å². The molecule has 2 aromatic rings. The van der Waals surface area contributed by atoms with E-state index in [0.29, 0.717) is 16.5 Å². The number of aromatic nitrogens is 2. The molecule has 0 radical (unpaired) electrons. The fraction of sp³-hybridized carbons (Fsp3) is 0.250. The van der Waals surface area contributed by atoms with Crippen molar-refractivity contribution in [3.05, 3.63) is 33.5 Å². The largest absolute Gasteiger partial charge is 0.382 e. The van der Waals surface area contributed by atoms with Crippen LogP contribution in [0.1, 0.15) is 25.6 Å². The molecule has 0 unspecified atom stereocenters. The van der Waals surface area contributed by atoms with Gasteiger partial charge in [-0.3, -0.25) is 0 Å². The highest BCUT2D eigenvalue weighted by Crippen LogP contribution is 2.32. The molecule has 0 saturated carbocycles. The van der Waals surface area contributed by atoms with Crippen LogP contribution >= 0.6 is 27.5 Å². The van der Waals surface area contributed by atoms with Crippen molar-refractivity contribution >= 4 is 33.3 Å². The van der Waals surface area contributed by atoms with Gasteiger partial charge in [-0.05, 0) is 28.1 Å². The summed E-state index contributed by atoms with van der Waals surface area (Å²) in [7, 11) is 0. The van der Waals surface area contributed by atoms with Crippen molar-refractivity contribution in [1.29, 1.82) is 0 Å². The molecule has 6 heteroatoms. The molecule has 96 valence electrons. The predicted octanol–water partition coefficient (Wildman–Crippen LogP) is 3.39. The summed E-state index contributed by atoms with van der Waals surface area (Å²) < 4.78 is 2.26. The van der Waals surface area contributed by atoms with Crippen LogP contribution in [0.15, 0.2) is 22.7 Å². The molecule has 0 saturated heterocycles. The zero-order valence-electron chi connectivity index (χ0n) is 10.1. The summed E-state index contributed by atoms with van der Waals surface area (Å²) in [6.07, 6.45) is 0. The van der Waals surface area contributed by atoms with Gasteiger partial charge in [0, 0.05) is 16.0 Å². The number of rotatable bonds is 2. The lowest BCUT2D eigenvalue weighted by molar-refractivity contribution is 0.739. The Hall–Kier alpha value is -1.20. The average molecular weight is 330 g/mol. The van der Waals surface area contributed by atoms with E-state index in [4.69, 9.17) is 23.2 Å². The van der Waals surface area contributed by atoms with Crippen molar-refractivity contribution in [2.75, 3.05) is 11.6 Å². The molecule has 0 fully saturated rings. The van der Waals surface area contributed by atoms with E-state index in [1.807, 2.05) is 32.0 Å². The standard InChI is InChI=1S/C12H14BrClN4/c1-6(2)12-17-10(11(15)18(12)16)7-3-4-8(13)9(14)5-7/h3-6H,15-16H2,1-2H3. The van der Waals surface area contributed by atoms with Gasteiger partial charge in [-0.1, -0.05) is 31.5 Å². The second kappa shape index (κ2) is 4.82. The zero-order chi connectivity index (χ0) is 13.4. The number of nitrogen functional groups attached to an aromatic ring is 2. The zero-order valence-corrected chi connectivity index (χ0v) is 12.5. The van der Waals surface area contributed by atoms with E-state index in [0.717, 1.165) is 15.9 Å². The summed E-state index contributed by atoms with van der Waals surface area (Å²) in [5.41, 5.74) is 7.50. The molecule has 0 aliphatic carbocycles. The fourth-order valence-electron chi connectivity index (χ4n) is 1.73. The molecule has 4 nitrogen and oxygen atoms in total. The second-order valence-corrected chi connectivity index (χ2v) is 5.62. The topological polar surface area (TPSA) is 69.9 Å². The Morgan fingerprint density at radius 2 is 2.06 bits per heavy atom. The van der Waals surface area contributed by atoms with E-state index in [-0.39, 0.29) is 5.92 Å². The highest BCUT2D eigenvalue weighted by atomic mass is 79.9. The lowest BCUT2D eigenvalue weighted by Gasteiger charge is -2.04. The van der Waals surface area contributed by atoms with Crippen molar-refractivity contribution in [3.8, 4) is 11.3 Å². The number of benzene rings is 1. The number of hydrogen-bond donors (Lipinski definition) is 2. The smallest absolute Gasteiger partial charge is 0.150 e. The number of nitrogens with zero attached hydrogens (tertiary/aromatic N) is 2. The van der Waals surface area contributed by atoms with Crippen LogP contribution in [-0.4, -0.2) is 9.66 Å². The number of nitrogens with two attached hydrogens (primary N) is 2. The molecule has 0 amide bonds. The minimum absolute atomic E-state index is 0.206. The van der Waals surface area contributed by atoms with Gasteiger partial charge in [-0.25, -0.2) is 9.66 Å². The van der Waals surface area contributed by atoms with Crippen LogP contribution in [0.25, 0.3) is 11.3 Å². The van der Waals surface area contributed by atoms with Gasteiger partial charge in [0.25, 0.3) is 0 Å². The van der Waals surface area contributed by atoms with Gasteiger partial charge in [0.15, 0.2) is 5.82 Å². The van der Waals surface area contributed by atoms with E-state index in [9.17, 15) is 0 Å². The molecule has 4 N–H and O–H groups in total. The minimum atomic E-state index is 0.206. The molecule has 0 aliphatic rings. The predicted molar refractivity (Wildman–Crippen MR) is 79.0 cm³/mol. The van der Waals surface area contributed by atoms with Crippen LogP contribution in [0, 0.1) is 0 Å². The van der Waals surface area contributed by atoms with Crippen molar-refractivity contribution in [2.45, 2.75) is 19.8 Å². The van der Waals surface area contributed by atoms with Gasteiger partial charge in [0.1, 0.15) is 11.5 Å². The van der Waals surface area contributed by atoms with E-state index >= 15 is 0 Å². The highest BCUT2D eigenvalue weighted by Gasteiger charge is 2.17. The van der Waals surface area contributed by atoms with Gasteiger partial charge in [0.05, 0.1) is 5.02 Å². The summed E-state index contributed by atoms with van der Waals surface area (Å²) in [5.74, 6) is 7.30. The first-order valence-corrected chi connectivity index (χ1v) is 6.67. The molecule has 0 spiro atoms. The summed E-state index contributed by atoms with van der Waals surface area (Å²) >= 11 is 9.42. The molecule has 1 aromatic heterocycles. The monoisotopic (exact) mass is 328 g/mol. The first-order valence-electron chi connectivity index (χ1n) is 5.50. The lowest BCUT2D eigenvalue weighted by Crippen LogP contribution is -2.16. The Balaban J connectivity index is 2.57. The van der Waals surface area contributed by atoms with Crippen LogP contribution in [0.4, 0.5) is 5.82 Å². The number of halogens is 2. The van der Waals surface area contributed by atoms with Gasteiger partial charge in [0.2, 0.25) is 0 Å². The quantitative estimate of drug-likeness (QED) is 0.830. The second-order valence-electron chi connectivity index (χ2n) is 4.36. The maximum absolute atomic E-state index is 6.07. The average Bonchev–Trinajstić information content (AvgIpc) is 2.60. The Labute approximate surface area is 119 Å². The first kappa shape index (κ1) is 13.2. The lowest BCUT2D eigenvalue weighted by atomic mass is 10.1. The third-order valence-corrected chi connectivity index (χ3v) is 3.92. The Kier molecular flexibility index (Phi) is 3.54. The highest BCUT2D eigenvalue weighted by molar-refractivity contribution is 9.10. The van der Waals surface area contributed by atoms with Crippen LogP contribution in [-0.2, 0) is 0 Å². The van der Waals surface area contributed by atoms with E-state index in [1.165, 1.54) is 4.68 Å². The third-order valence-electron chi connectivity index (χ3n) is 2.68. The van der Waals surface area contributed by atoms with Gasteiger partial charge >= 0.3 is 0 Å². The summed E-state index contributed by atoms with van der Waals surface area (Å²) in [5, 5.41) is 0.615. The fourth-order valence-corrected chi connectivity index (χ4v) is 2.15. The normalized spacial score (nSPS) is 11.2. The van der Waals surface area contributed by atoms with Gasteiger partial charge in [-0.15, -0.1) is 0 Å². The van der Waals surface area contributed by atoms with Crippen molar-refractivity contribution in [3.63, 3.8) is 0 Å². The molecule has 18 heavy (non-hydrogen) atoms. The molecule has 1 aromatic carbocycles. The SMILES string of the molecule is CC(C)c1nc(-c2ccc(Br)c(Cl)c2)c(N)n1N. The molecular weight excluding hydrogens is 316 g/mol. The van der Waals surface area contributed by atoms with Crippen molar-refractivity contribution in [2.24, 2.45) is 0 Å². The Bertz CT molecular complexity index is 592. The first-order chi connectivity index (χ1) is 8.41. The van der Waals surface area contributed by atoms with Crippen LogP contribution in [0.3, 0.4) is 0 Å². The molecule has 0 aliphatic heterocycles. The molecule has 2 rings (SSSR count). The molecular formula is C12H14BrClN4. The Morgan fingerprint density at radius 3 is 2.56 bits per heavy atom. The summed E-state index contributed by atoms with van der Waals surface area (Å²) in [6.45, 7) is 4.03. The van der Waals surface area contributed by atoms with E-state index in [1.54, 1.807) is 0 Å². The van der Waals surface area contributed by atoms with Gasteiger partial charge in [-0.2, -0.15) is 0 Å². The number of imidazole rings is 1. The van der Waals surface area contributed by atoms with Crippen LogP contribution in [0.2, 0.25) is 5.02 Å². The van der Waals surface area contributed by atoms with Crippen LogP contribution < -0.4 is 11.6 Å². The Morgan fingerprint density at radius 1 is 1.39 bits per heavy atom. The number of hydrogen-bond acceptors (Lipinski definition) is 3. The maximum Gasteiger partial charge on any atom is 0.150 e. The third kappa shape index (κ3) is 2.20. The van der Waals surface area contributed by atoms with E-state index in [2.05, 4.69) is 20.9 Å².